The van der Waals surface area contributed by atoms with Crippen LogP contribution in [0.3, 0.4) is 0 Å². The molecule has 0 aliphatic heterocycles. The van der Waals surface area contributed by atoms with Crippen molar-refractivity contribution >= 4 is 18.4 Å². The van der Waals surface area contributed by atoms with Crippen LogP contribution in [0, 0.1) is 0 Å². The second kappa shape index (κ2) is 4.08. The topological polar surface area (TPSA) is 63.3 Å². The first-order chi connectivity index (χ1) is 7.91. The van der Waals surface area contributed by atoms with E-state index in [2.05, 4.69) is 15.1 Å². The molecule has 2 rings (SSSR count). The number of nitrogens with zero attached hydrogens (tertiary/aromatic N) is 4. The molecule has 9 heteroatoms. The van der Waals surface area contributed by atoms with Crippen LogP contribution >= 0.6 is 12.6 Å². The first-order valence-corrected chi connectivity index (χ1v) is 4.94. The van der Waals surface area contributed by atoms with Gasteiger partial charge in [-0.1, -0.05) is 12.6 Å². The molecule has 91 valence electrons. The Morgan fingerprint density at radius 1 is 1.35 bits per heavy atom. The Hall–Kier alpha value is -1.48. The monoisotopic (exact) mass is 263 g/mol. The van der Waals surface area contributed by atoms with Gasteiger partial charge >= 0.3 is 6.18 Å². The summed E-state index contributed by atoms with van der Waals surface area (Å²) in [5, 5.41) is 12.4. The predicted molar refractivity (Wildman–Crippen MR) is 52.4 cm³/mol. The Balaban J connectivity index is 2.57. The van der Waals surface area contributed by atoms with Gasteiger partial charge in [0.2, 0.25) is 0 Å². The molecule has 0 fully saturated rings. The highest BCUT2D eigenvalue weighted by atomic mass is 32.1. The van der Waals surface area contributed by atoms with E-state index in [1.165, 1.54) is 0 Å². The molecule has 0 spiro atoms. The molecule has 2 aromatic heterocycles. The minimum absolute atomic E-state index is 0.126. The zero-order valence-electron chi connectivity index (χ0n) is 8.27. The quantitative estimate of drug-likeness (QED) is 0.828. The molecule has 0 unspecified atom stereocenters. The molecule has 0 bridgehead atoms. The number of aromatic nitrogens is 4. The minimum atomic E-state index is -4.57. The summed E-state index contributed by atoms with van der Waals surface area (Å²) in [6, 6.07) is 0.722. The van der Waals surface area contributed by atoms with Crippen LogP contribution in [0.2, 0.25) is 0 Å². The summed E-state index contributed by atoms with van der Waals surface area (Å²) < 4.78 is 38.4. The molecular weight excluding hydrogens is 257 g/mol. The highest BCUT2D eigenvalue weighted by Crippen LogP contribution is 2.29. The summed E-state index contributed by atoms with van der Waals surface area (Å²) >= 11 is 4.77. The standard InChI is InChI=1S/C8H6F3N4OS/c9-8(10,11)4-3-6(17)15-7(12-4)13-5(14-15)1-2-16/h3,16H,1-2H2. The van der Waals surface area contributed by atoms with Crippen molar-refractivity contribution in [2.75, 3.05) is 6.61 Å². The van der Waals surface area contributed by atoms with Gasteiger partial charge in [-0.25, -0.2) is 4.98 Å². The molecule has 2 aromatic rings. The van der Waals surface area contributed by atoms with Crippen molar-refractivity contribution in [1.82, 2.24) is 19.6 Å². The summed E-state index contributed by atoms with van der Waals surface area (Å²) in [7, 11) is 0. The summed E-state index contributed by atoms with van der Waals surface area (Å²) in [5.41, 5.74) is -1.10. The lowest BCUT2D eigenvalue weighted by Crippen LogP contribution is -2.10. The predicted octanol–water partition coefficient (Wildman–Crippen LogP) is 1.23. The second-order valence-electron chi connectivity index (χ2n) is 3.19. The molecule has 0 aromatic carbocycles. The van der Waals surface area contributed by atoms with Crippen molar-refractivity contribution in [2.45, 2.75) is 17.6 Å². The maximum absolute atomic E-state index is 12.4. The molecule has 0 aliphatic rings. The molecule has 0 saturated heterocycles. The molecule has 1 radical (unpaired) electrons. The summed E-state index contributed by atoms with van der Waals surface area (Å²) in [6.07, 6.45) is -4.43. The van der Waals surface area contributed by atoms with Gasteiger partial charge in [-0.2, -0.15) is 22.7 Å². The number of rotatable bonds is 2. The Kier molecular flexibility index (Phi) is 2.87. The van der Waals surface area contributed by atoms with Crippen LogP contribution in [0.4, 0.5) is 13.2 Å². The second-order valence-corrected chi connectivity index (χ2v) is 3.61. The smallest absolute Gasteiger partial charge is 0.396 e. The summed E-state index contributed by atoms with van der Waals surface area (Å²) in [6.45, 7) is -0.199. The lowest BCUT2D eigenvalue weighted by molar-refractivity contribution is -0.141. The van der Waals surface area contributed by atoms with Crippen LogP contribution in [0.25, 0.3) is 5.78 Å². The number of alkyl halides is 3. The van der Waals surface area contributed by atoms with Crippen LogP contribution in [0.15, 0.2) is 11.1 Å². The third-order valence-electron chi connectivity index (χ3n) is 1.95. The van der Waals surface area contributed by atoms with E-state index in [-0.39, 0.29) is 29.7 Å². The fourth-order valence-corrected chi connectivity index (χ4v) is 1.47. The Morgan fingerprint density at radius 2 is 2.06 bits per heavy atom. The third-order valence-corrected chi connectivity index (χ3v) is 2.24. The summed E-state index contributed by atoms with van der Waals surface area (Å²) in [4.78, 5) is 7.08. The normalized spacial score (nSPS) is 12.2. The lowest BCUT2D eigenvalue weighted by atomic mass is 10.4. The van der Waals surface area contributed by atoms with E-state index in [0.717, 1.165) is 10.6 Å². The van der Waals surface area contributed by atoms with Crippen molar-refractivity contribution in [3.63, 3.8) is 0 Å². The van der Waals surface area contributed by atoms with Crippen LogP contribution in [0.1, 0.15) is 11.5 Å². The van der Waals surface area contributed by atoms with Crippen molar-refractivity contribution in [3.05, 3.63) is 17.6 Å². The summed E-state index contributed by atoms with van der Waals surface area (Å²) in [5.74, 6) is -0.0151. The van der Waals surface area contributed by atoms with Gasteiger partial charge in [0.15, 0.2) is 11.5 Å². The molecule has 0 saturated carbocycles. The average molecular weight is 263 g/mol. The van der Waals surface area contributed by atoms with Crippen molar-refractivity contribution < 1.29 is 18.3 Å². The van der Waals surface area contributed by atoms with Gasteiger partial charge in [0.05, 0.1) is 6.61 Å². The van der Waals surface area contributed by atoms with Crippen LogP contribution in [-0.2, 0) is 12.6 Å². The number of aliphatic hydroxyl groups is 1. The fraction of sp³-hybridized carbons (Fsp3) is 0.375. The van der Waals surface area contributed by atoms with E-state index >= 15 is 0 Å². The number of aliphatic hydroxyl groups excluding tert-OH is 1. The minimum Gasteiger partial charge on any atom is -0.396 e. The van der Waals surface area contributed by atoms with Crippen molar-refractivity contribution in [3.8, 4) is 0 Å². The fourth-order valence-electron chi connectivity index (χ4n) is 1.23. The van der Waals surface area contributed by atoms with E-state index in [1.54, 1.807) is 0 Å². The van der Waals surface area contributed by atoms with Crippen LogP contribution in [0.5, 0.6) is 0 Å². The molecule has 0 atom stereocenters. The third kappa shape index (κ3) is 2.29. The van der Waals surface area contributed by atoms with Gasteiger partial charge < -0.3 is 5.11 Å². The SMILES string of the molecule is OCCc1nc2nc(C(F)(F)F)cc([S])n2n1. The van der Waals surface area contributed by atoms with E-state index in [1.807, 2.05) is 0 Å². The molecule has 5 nitrogen and oxygen atoms in total. The molecule has 1 N–H and O–H groups in total. The molecule has 0 aliphatic carbocycles. The number of hydrogen-bond donors (Lipinski definition) is 1. The number of hydrogen-bond acceptors (Lipinski definition) is 4. The van der Waals surface area contributed by atoms with Crippen molar-refractivity contribution in [2.24, 2.45) is 0 Å². The first-order valence-electron chi connectivity index (χ1n) is 4.53. The van der Waals surface area contributed by atoms with Gasteiger partial charge in [-0.15, -0.1) is 5.10 Å². The van der Waals surface area contributed by atoms with Gasteiger partial charge in [0.25, 0.3) is 5.78 Å². The van der Waals surface area contributed by atoms with Crippen LogP contribution < -0.4 is 0 Å². The Morgan fingerprint density at radius 3 is 2.65 bits per heavy atom. The molecule has 17 heavy (non-hydrogen) atoms. The molecule has 0 amide bonds. The molecule has 2 heterocycles. The maximum Gasteiger partial charge on any atom is 0.433 e. The van der Waals surface area contributed by atoms with E-state index < -0.39 is 11.9 Å². The number of fused-ring (bicyclic) bond motifs is 1. The zero-order valence-corrected chi connectivity index (χ0v) is 9.09. The van der Waals surface area contributed by atoms with Gasteiger partial charge in [0.1, 0.15) is 5.03 Å². The first kappa shape index (κ1) is 12.0. The number of halogens is 3. The Bertz CT molecular complexity index is 553. The van der Waals surface area contributed by atoms with E-state index in [4.69, 9.17) is 17.7 Å². The largest absolute Gasteiger partial charge is 0.433 e. The average Bonchev–Trinajstić information content (AvgIpc) is 2.60. The maximum atomic E-state index is 12.4. The van der Waals surface area contributed by atoms with Gasteiger partial charge in [-0.05, 0) is 0 Å². The zero-order chi connectivity index (χ0) is 12.6. The Labute approximate surface area is 98.7 Å². The van der Waals surface area contributed by atoms with Crippen molar-refractivity contribution in [1.29, 1.82) is 0 Å². The van der Waals surface area contributed by atoms with Gasteiger partial charge in [0, 0.05) is 12.5 Å². The lowest BCUT2D eigenvalue weighted by Gasteiger charge is -2.05. The molecular formula is C8H6F3N4OS. The van der Waals surface area contributed by atoms with E-state index in [9.17, 15) is 13.2 Å². The highest BCUT2D eigenvalue weighted by Gasteiger charge is 2.33. The highest BCUT2D eigenvalue weighted by molar-refractivity contribution is 7.80. The van der Waals surface area contributed by atoms with Gasteiger partial charge in [-0.3, -0.25) is 0 Å². The van der Waals surface area contributed by atoms with E-state index in [0.29, 0.717) is 0 Å². The van der Waals surface area contributed by atoms with Crippen LogP contribution in [-0.4, -0.2) is 31.3 Å².